The highest BCUT2D eigenvalue weighted by atomic mass is 16.5. The summed E-state index contributed by atoms with van der Waals surface area (Å²) < 4.78 is 16.2. The van der Waals surface area contributed by atoms with Gasteiger partial charge >= 0.3 is 0 Å². The van der Waals surface area contributed by atoms with Crippen LogP contribution in [0.5, 0.6) is 0 Å². The minimum atomic E-state index is -0.841. The molecule has 1 N–H and O–H groups in total. The molecule has 4 rings (SSSR count). The van der Waals surface area contributed by atoms with E-state index in [4.69, 9.17) is 13.6 Å². The van der Waals surface area contributed by atoms with E-state index < -0.39 is 23.5 Å². The van der Waals surface area contributed by atoms with Crippen LogP contribution in [0.25, 0.3) is 0 Å². The second-order valence-electron chi connectivity index (χ2n) is 7.01. The number of carbonyl (C=O) groups is 2. The standard InChI is InChI=1S/C20H22N2O6/c1-13-4-5-14(28-13)17-16(18(23)15-3-2-10-27-15)19(24)20(25)22(17)7-6-21-8-11-26-12-9-21/h2-5,10,17,24H,6-9,11-12H2,1H3. The van der Waals surface area contributed by atoms with Gasteiger partial charge in [0, 0.05) is 5.57 Å². The monoisotopic (exact) mass is 386 g/mol. The maximum atomic E-state index is 12.9. The number of nitrogens with one attached hydrogen (secondary N) is 1. The van der Waals surface area contributed by atoms with Crippen molar-refractivity contribution in [1.82, 2.24) is 4.90 Å². The Morgan fingerprint density at radius 1 is 1.29 bits per heavy atom. The Labute approximate surface area is 162 Å². The van der Waals surface area contributed by atoms with Gasteiger partial charge in [-0.3, -0.25) is 9.59 Å². The van der Waals surface area contributed by atoms with Gasteiger partial charge in [0.15, 0.2) is 5.76 Å². The van der Waals surface area contributed by atoms with Gasteiger partial charge in [-0.05, 0) is 36.9 Å². The number of Topliss-reactive ketones (excluding diaryl/α,β-unsaturated/α-hetero) is 1. The van der Waals surface area contributed by atoms with Gasteiger partial charge in [-0.25, -0.2) is 0 Å². The zero-order valence-electron chi connectivity index (χ0n) is 15.6. The highest BCUT2D eigenvalue weighted by Gasteiger charge is 2.42. The van der Waals surface area contributed by atoms with Crippen LogP contribution < -0.4 is 10.0 Å². The number of furan rings is 2. The molecule has 0 saturated carbocycles. The number of hydrogen-bond acceptors (Lipinski definition) is 6. The lowest BCUT2D eigenvalue weighted by molar-refractivity contribution is -0.907. The number of amides is 1. The quantitative estimate of drug-likeness (QED) is 0.671. The molecule has 1 atom stereocenters. The predicted molar refractivity (Wildman–Crippen MR) is 94.3 cm³/mol. The number of ketones is 1. The number of carbonyl (C=O) groups excluding carboxylic acids is 2. The topological polar surface area (TPSA) is 100 Å². The predicted octanol–water partition coefficient (Wildman–Crippen LogP) is -0.523. The van der Waals surface area contributed by atoms with Crippen LogP contribution in [-0.4, -0.2) is 56.0 Å². The molecule has 0 aliphatic carbocycles. The first kappa shape index (κ1) is 18.5. The molecule has 1 amide bonds. The Kier molecular flexibility index (Phi) is 5.06. The summed E-state index contributed by atoms with van der Waals surface area (Å²) in [6, 6.07) is 5.67. The molecular formula is C20H22N2O6. The molecule has 2 aromatic heterocycles. The molecule has 28 heavy (non-hydrogen) atoms. The van der Waals surface area contributed by atoms with Crippen LogP contribution in [0.1, 0.15) is 28.1 Å². The fraction of sp³-hybridized carbons (Fsp3) is 0.400. The van der Waals surface area contributed by atoms with Crippen molar-refractivity contribution in [2.45, 2.75) is 13.0 Å². The molecule has 148 valence electrons. The summed E-state index contributed by atoms with van der Waals surface area (Å²) in [5.41, 5.74) is -0.119. The summed E-state index contributed by atoms with van der Waals surface area (Å²) in [6.07, 6.45) is 1.36. The molecule has 0 radical (unpaired) electrons. The van der Waals surface area contributed by atoms with Crippen LogP contribution >= 0.6 is 0 Å². The van der Waals surface area contributed by atoms with E-state index in [1.807, 2.05) is 0 Å². The van der Waals surface area contributed by atoms with Crippen molar-refractivity contribution in [3.63, 3.8) is 0 Å². The average Bonchev–Trinajstić information content (AvgIpc) is 3.43. The average molecular weight is 386 g/mol. The van der Waals surface area contributed by atoms with Crippen molar-refractivity contribution in [2.75, 3.05) is 39.4 Å². The number of nitrogens with zero attached hydrogens (tertiary/aromatic N) is 1. The summed E-state index contributed by atoms with van der Waals surface area (Å²) in [5, 5.41) is 12.7. The van der Waals surface area contributed by atoms with E-state index in [1.54, 1.807) is 25.1 Å². The van der Waals surface area contributed by atoms with E-state index in [9.17, 15) is 14.7 Å². The third-order valence-corrected chi connectivity index (χ3v) is 5.21. The Hall–Kier alpha value is -2.84. The van der Waals surface area contributed by atoms with E-state index in [2.05, 4.69) is 0 Å². The zero-order valence-corrected chi connectivity index (χ0v) is 15.6. The van der Waals surface area contributed by atoms with Gasteiger partial charge in [0.25, 0.3) is 0 Å². The van der Waals surface area contributed by atoms with Gasteiger partial charge in [0.05, 0.1) is 32.6 Å². The molecule has 0 aromatic carbocycles. The van der Waals surface area contributed by atoms with Crippen LogP contribution in [0, 0.1) is 6.92 Å². The fourth-order valence-corrected chi connectivity index (χ4v) is 3.73. The van der Waals surface area contributed by atoms with E-state index >= 15 is 0 Å². The molecule has 0 bridgehead atoms. The Morgan fingerprint density at radius 3 is 2.71 bits per heavy atom. The minimum absolute atomic E-state index is 0.0325. The Morgan fingerprint density at radius 2 is 2.07 bits per heavy atom. The largest absolute Gasteiger partial charge is 0.868 e. The third-order valence-electron chi connectivity index (χ3n) is 5.21. The highest BCUT2D eigenvalue weighted by Crippen LogP contribution is 2.38. The summed E-state index contributed by atoms with van der Waals surface area (Å²) in [4.78, 5) is 28.4. The number of ether oxygens (including phenoxy) is 1. The van der Waals surface area contributed by atoms with Crippen LogP contribution in [0.2, 0.25) is 0 Å². The number of quaternary nitrogens is 1. The lowest BCUT2D eigenvalue weighted by Crippen LogP contribution is -3.14. The normalized spacial score (nSPS) is 21.0. The molecule has 4 heterocycles. The number of rotatable bonds is 6. The second-order valence-corrected chi connectivity index (χ2v) is 7.01. The van der Waals surface area contributed by atoms with E-state index in [-0.39, 0.29) is 11.3 Å². The van der Waals surface area contributed by atoms with Crippen molar-refractivity contribution in [3.8, 4) is 0 Å². The van der Waals surface area contributed by atoms with Crippen molar-refractivity contribution < 1.29 is 33.2 Å². The molecule has 1 saturated heterocycles. The van der Waals surface area contributed by atoms with Gasteiger partial charge in [0.1, 0.15) is 30.7 Å². The zero-order chi connectivity index (χ0) is 19.7. The molecule has 8 nitrogen and oxygen atoms in total. The number of aryl methyl sites for hydroxylation is 1. The Bertz CT molecular complexity index is 892. The van der Waals surface area contributed by atoms with Gasteiger partial charge in [-0.2, -0.15) is 0 Å². The summed E-state index contributed by atoms with van der Waals surface area (Å²) in [6.45, 7) is 5.85. The maximum Gasteiger partial charge on any atom is 0.240 e. The van der Waals surface area contributed by atoms with Crippen LogP contribution in [-0.2, 0) is 9.53 Å². The fourth-order valence-electron chi connectivity index (χ4n) is 3.73. The molecule has 1 unspecified atom stereocenters. The number of morpholine rings is 1. The summed E-state index contributed by atoms with van der Waals surface area (Å²) in [7, 11) is 0. The summed E-state index contributed by atoms with van der Waals surface area (Å²) in [5.74, 6) is -0.971. The number of hydrogen-bond donors (Lipinski definition) is 1. The van der Waals surface area contributed by atoms with Gasteiger partial charge in [0.2, 0.25) is 11.7 Å². The molecule has 0 spiro atoms. The third kappa shape index (κ3) is 3.36. The van der Waals surface area contributed by atoms with Gasteiger partial charge < -0.3 is 28.5 Å². The van der Waals surface area contributed by atoms with Crippen molar-refractivity contribution in [1.29, 1.82) is 0 Å². The SMILES string of the molecule is Cc1ccc(C2C(C(=O)c3ccco3)=C([O-])C(=O)N2CC[NH+]2CCOCC2)o1. The molecular weight excluding hydrogens is 364 g/mol. The smallest absolute Gasteiger partial charge is 0.240 e. The molecule has 8 heteroatoms. The van der Waals surface area contributed by atoms with E-state index in [1.165, 1.54) is 22.1 Å². The first-order valence-corrected chi connectivity index (χ1v) is 9.34. The molecule has 1 fully saturated rings. The van der Waals surface area contributed by atoms with Crippen LogP contribution in [0.4, 0.5) is 0 Å². The van der Waals surface area contributed by atoms with E-state index in [0.717, 1.165) is 13.1 Å². The van der Waals surface area contributed by atoms with Gasteiger partial charge in [-0.1, -0.05) is 0 Å². The minimum Gasteiger partial charge on any atom is -0.868 e. The lowest BCUT2D eigenvalue weighted by atomic mass is 10.00. The van der Waals surface area contributed by atoms with Crippen LogP contribution in [0.15, 0.2) is 50.7 Å². The Balaban J connectivity index is 1.64. The second kappa shape index (κ2) is 7.65. The highest BCUT2D eigenvalue weighted by molar-refractivity contribution is 6.14. The maximum absolute atomic E-state index is 12.9. The molecule has 2 aliphatic rings. The van der Waals surface area contributed by atoms with Crippen molar-refractivity contribution in [3.05, 3.63) is 59.1 Å². The first-order valence-electron chi connectivity index (χ1n) is 9.34. The van der Waals surface area contributed by atoms with E-state index in [0.29, 0.717) is 37.8 Å². The van der Waals surface area contributed by atoms with Crippen molar-refractivity contribution in [2.24, 2.45) is 0 Å². The summed E-state index contributed by atoms with van der Waals surface area (Å²) >= 11 is 0. The van der Waals surface area contributed by atoms with Crippen LogP contribution in [0.3, 0.4) is 0 Å². The first-order chi connectivity index (χ1) is 13.6. The molecule has 2 aliphatic heterocycles. The molecule has 2 aromatic rings. The van der Waals surface area contributed by atoms with Gasteiger partial charge in [-0.15, -0.1) is 0 Å². The van der Waals surface area contributed by atoms with Crippen molar-refractivity contribution >= 4 is 11.7 Å². The lowest BCUT2D eigenvalue weighted by Gasteiger charge is -2.29.